The number of nitrogens with two attached hydrogens (primary N) is 1. The van der Waals surface area contributed by atoms with Gasteiger partial charge in [0.15, 0.2) is 0 Å². The van der Waals surface area contributed by atoms with Gasteiger partial charge in [0.25, 0.3) is 0 Å². The van der Waals surface area contributed by atoms with Crippen molar-refractivity contribution < 1.29 is 38.0 Å². The number of hydrogen-bond acceptors (Lipinski definition) is 9. The lowest BCUT2D eigenvalue weighted by molar-refractivity contribution is -0.148. The molecule has 0 aliphatic carbocycles. The van der Waals surface area contributed by atoms with Crippen molar-refractivity contribution in [1.29, 1.82) is 0 Å². The molecule has 2 rings (SSSR count). The number of carbonyl (C=O) groups is 2. The molecule has 0 amide bonds. The van der Waals surface area contributed by atoms with Gasteiger partial charge in [-0.1, -0.05) is 72.6 Å². The Morgan fingerprint density at radius 3 is 1.88 bits per heavy atom. The highest BCUT2D eigenvalue weighted by molar-refractivity contribution is 5.80. The Morgan fingerprint density at radius 2 is 1.27 bits per heavy atom. The molecule has 49 heavy (non-hydrogen) atoms. The molecule has 0 radical (unpaired) electrons. The Morgan fingerprint density at radius 1 is 0.714 bits per heavy atom. The van der Waals surface area contributed by atoms with E-state index in [1.165, 1.54) is 51.4 Å². The van der Waals surface area contributed by atoms with Crippen molar-refractivity contribution in [2.24, 2.45) is 23.5 Å². The molecule has 0 spiro atoms. The van der Waals surface area contributed by atoms with E-state index >= 15 is 0 Å². The van der Waals surface area contributed by atoms with Crippen molar-refractivity contribution in [2.75, 3.05) is 52.8 Å². The number of esters is 2. The predicted molar refractivity (Wildman–Crippen MR) is 195 cm³/mol. The van der Waals surface area contributed by atoms with E-state index in [4.69, 9.17) is 34.2 Å². The fourth-order valence-electron chi connectivity index (χ4n) is 6.46. The van der Waals surface area contributed by atoms with Crippen LogP contribution < -0.4 is 15.2 Å². The zero-order chi connectivity index (χ0) is 36.0. The van der Waals surface area contributed by atoms with Gasteiger partial charge in [-0.25, -0.2) is 0 Å². The Bertz CT molecular complexity index is 1090. The molecule has 0 fully saturated rings. The maximum atomic E-state index is 12.7. The highest BCUT2D eigenvalue weighted by atomic mass is 16.6. The molecule has 1 aliphatic heterocycles. The van der Waals surface area contributed by atoms with Crippen molar-refractivity contribution in [3.63, 3.8) is 0 Å². The number of ether oxygens (including phenoxy) is 6. The molecule has 3 unspecified atom stereocenters. The molecule has 0 saturated carbocycles. The van der Waals surface area contributed by atoms with Crippen molar-refractivity contribution in [1.82, 2.24) is 0 Å². The molecule has 9 nitrogen and oxygen atoms in total. The van der Waals surface area contributed by atoms with Gasteiger partial charge >= 0.3 is 11.9 Å². The first-order valence-electron chi connectivity index (χ1n) is 19.1. The minimum Gasteiger partial charge on any atom is -0.490 e. The monoisotopic (exact) mass is 692 g/mol. The van der Waals surface area contributed by atoms with E-state index in [-0.39, 0.29) is 32.2 Å². The normalized spacial score (nSPS) is 15.5. The summed E-state index contributed by atoms with van der Waals surface area (Å²) >= 11 is 0. The first-order valence-corrected chi connectivity index (χ1v) is 19.1. The highest BCUT2D eigenvalue weighted by Gasteiger charge is 2.27. The summed E-state index contributed by atoms with van der Waals surface area (Å²) in [7, 11) is 0. The summed E-state index contributed by atoms with van der Waals surface area (Å²) in [6, 6.07) is 0. The average Bonchev–Trinajstić information content (AvgIpc) is 3.07. The number of fused-ring (bicyclic) bond motifs is 1. The maximum Gasteiger partial charge on any atom is 0.311 e. The van der Waals surface area contributed by atoms with Gasteiger partial charge in [0, 0.05) is 12.1 Å². The van der Waals surface area contributed by atoms with E-state index in [1.54, 1.807) is 0 Å². The molecule has 1 aliphatic rings. The van der Waals surface area contributed by atoms with Crippen LogP contribution in [0.5, 0.6) is 11.5 Å². The number of rotatable bonds is 27. The Kier molecular flexibility index (Phi) is 21.8. The Labute approximate surface area is 297 Å². The minimum atomic E-state index is -0.458. The zero-order valence-corrected chi connectivity index (χ0v) is 32.0. The third kappa shape index (κ3) is 17.5. The molecule has 1 heterocycles. The van der Waals surface area contributed by atoms with Crippen LogP contribution in [0.4, 0.5) is 0 Å². The van der Waals surface area contributed by atoms with Gasteiger partial charge in [-0.05, 0) is 80.9 Å². The second-order valence-electron chi connectivity index (χ2n) is 14.5. The van der Waals surface area contributed by atoms with Crippen LogP contribution in [0, 0.1) is 38.5 Å². The van der Waals surface area contributed by atoms with E-state index in [0.717, 1.165) is 65.0 Å². The molecule has 1 aromatic carbocycles. The summed E-state index contributed by atoms with van der Waals surface area (Å²) in [5.41, 5.74) is 9.36. The van der Waals surface area contributed by atoms with Crippen LogP contribution in [0.3, 0.4) is 0 Å². The van der Waals surface area contributed by atoms with Crippen LogP contribution in [0.1, 0.15) is 127 Å². The number of benzene rings is 1. The topological polar surface area (TPSA) is 116 Å². The molecular formula is C40H69NO8. The number of hydrogen-bond donors (Lipinski definition) is 1. The minimum absolute atomic E-state index is 0.0479. The molecule has 0 saturated heterocycles. The first-order chi connectivity index (χ1) is 23.5. The Balaban J connectivity index is 1.68. The standard InChI is InChI=1S/C40H69NO8/c1-29(2)11-8-12-30(3)13-9-14-31(4)15-10-16-35-17-18-36-34(7)39(32(5)33(6)40(36)48-35)49-38(43)20-19-37(42)47-28-27-46-26-25-45-24-23-44-22-21-41/h29-31,35H,8-28,41H2,1-7H3. The zero-order valence-electron chi connectivity index (χ0n) is 32.0. The molecule has 3 atom stereocenters. The van der Waals surface area contributed by atoms with Crippen molar-refractivity contribution >= 4 is 11.9 Å². The third-order valence-electron chi connectivity index (χ3n) is 9.65. The van der Waals surface area contributed by atoms with Crippen LogP contribution in [-0.2, 0) is 35.0 Å². The predicted octanol–water partition coefficient (Wildman–Crippen LogP) is 7.98. The molecule has 0 aromatic heterocycles. The molecule has 9 heteroatoms. The summed E-state index contributed by atoms with van der Waals surface area (Å²) in [4.78, 5) is 24.9. The van der Waals surface area contributed by atoms with Gasteiger partial charge in [0.05, 0.1) is 58.6 Å². The second kappa shape index (κ2) is 24.9. The first kappa shape index (κ1) is 43.0. The van der Waals surface area contributed by atoms with Gasteiger partial charge < -0.3 is 34.2 Å². The number of carbonyl (C=O) groups excluding carboxylic acids is 2. The molecule has 0 bridgehead atoms. The van der Waals surface area contributed by atoms with Crippen molar-refractivity contribution in [2.45, 2.75) is 138 Å². The third-order valence-corrected chi connectivity index (χ3v) is 9.65. The van der Waals surface area contributed by atoms with Gasteiger partial charge in [-0.15, -0.1) is 0 Å². The fourth-order valence-corrected chi connectivity index (χ4v) is 6.46. The van der Waals surface area contributed by atoms with Crippen molar-refractivity contribution in [3.05, 3.63) is 22.3 Å². The SMILES string of the molecule is Cc1c(C)c2c(c(C)c1OC(=O)CCC(=O)OCCOCCOCCOCCN)CCC(CCCC(C)CCCC(C)CCCC(C)C)O2. The second-order valence-corrected chi connectivity index (χ2v) is 14.5. The van der Waals surface area contributed by atoms with Gasteiger partial charge in [0.2, 0.25) is 0 Å². The summed E-state index contributed by atoms with van der Waals surface area (Å²) in [6.07, 6.45) is 13.6. The quantitative estimate of drug-likeness (QED) is 0.0557. The van der Waals surface area contributed by atoms with Crippen molar-refractivity contribution in [3.8, 4) is 11.5 Å². The van der Waals surface area contributed by atoms with Gasteiger partial charge in [-0.3, -0.25) is 9.59 Å². The highest BCUT2D eigenvalue weighted by Crippen LogP contribution is 2.42. The summed E-state index contributed by atoms with van der Waals surface area (Å²) in [6.45, 7) is 18.7. The Hall–Kier alpha value is -2.20. The van der Waals surface area contributed by atoms with E-state index in [2.05, 4.69) is 27.7 Å². The van der Waals surface area contributed by atoms with Crippen LogP contribution in [0.15, 0.2) is 0 Å². The fraction of sp³-hybridized carbons (Fsp3) is 0.800. The van der Waals surface area contributed by atoms with E-state index in [0.29, 0.717) is 45.3 Å². The average molecular weight is 692 g/mol. The summed E-state index contributed by atoms with van der Waals surface area (Å²) in [5.74, 6) is 3.05. The largest absolute Gasteiger partial charge is 0.490 e. The molecule has 2 N–H and O–H groups in total. The van der Waals surface area contributed by atoms with E-state index in [9.17, 15) is 9.59 Å². The lowest BCUT2D eigenvalue weighted by Gasteiger charge is -2.31. The van der Waals surface area contributed by atoms with Crippen LogP contribution in [0.25, 0.3) is 0 Å². The van der Waals surface area contributed by atoms with Crippen LogP contribution >= 0.6 is 0 Å². The lowest BCUT2D eigenvalue weighted by atomic mass is 9.89. The van der Waals surface area contributed by atoms with Gasteiger partial charge in [-0.2, -0.15) is 0 Å². The summed E-state index contributed by atoms with van der Waals surface area (Å²) < 4.78 is 33.6. The lowest BCUT2D eigenvalue weighted by Crippen LogP contribution is -2.25. The van der Waals surface area contributed by atoms with Crippen LogP contribution in [-0.4, -0.2) is 70.8 Å². The van der Waals surface area contributed by atoms with Crippen LogP contribution in [0.2, 0.25) is 0 Å². The maximum absolute atomic E-state index is 12.7. The smallest absolute Gasteiger partial charge is 0.311 e. The summed E-state index contributed by atoms with van der Waals surface area (Å²) in [5, 5.41) is 0. The molecule has 282 valence electrons. The molecular weight excluding hydrogens is 622 g/mol. The molecule has 1 aromatic rings. The van der Waals surface area contributed by atoms with E-state index < -0.39 is 11.9 Å². The van der Waals surface area contributed by atoms with E-state index in [1.807, 2.05) is 20.8 Å². The van der Waals surface area contributed by atoms with Gasteiger partial charge in [0.1, 0.15) is 18.1 Å².